The molecule has 0 N–H and O–H groups in total. The molecule has 0 radical (unpaired) electrons. The summed E-state index contributed by atoms with van der Waals surface area (Å²) in [5.74, 6) is -0.895. The van der Waals surface area contributed by atoms with Crippen molar-refractivity contribution in [1.82, 2.24) is 4.90 Å². The number of rotatable bonds is 6. The van der Waals surface area contributed by atoms with Gasteiger partial charge in [0.25, 0.3) is 0 Å². The zero-order chi connectivity index (χ0) is 16.1. The largest absolute Gasteiger partial charge is 0.310 e. The highest BCUT2D eigenvalue weighted by atomic mass is 19.1. The molecule has 4 nitrogen and oxygen atoms in total. The summed E-state index contributed by atoms with van der Waals surface area (Å²) < 4.78 is 14.2. The molecule has 0 unspecified atom stereocenters. The average molecular weight is 306 g/mol. The number of benzene rings is 1. The van der Waals surface area contributed by atoms with Crippen LogP contribution in [-0.2, 0) is 4.79 Å². The highest BCUT2D eigenvalue weighted by molar-refractivity contribution is 5.96. The number of carbonyl (C=O) groups is 2. The molecule has 0 bridgehead atoms. The first-order valence-corrected chi connectivity index (χ1v) is 7.80. The molecule has 1 fully saturated rings. The lowest BCUT2D eigenvalue weighted by Gasteiger charge is -2.23. The van der Waals surface area contributed by atoms with Gasteiger partial charge >= 0.3 is 0 Å². The Morgan fingerprint density at radius 1 is 1.23 bits per heavy atom. The summed E-state index contributed by atoms with van der Waals surface area (Å²) in [6.45, 7) is 6.48. The number of halogens is 1. The molecule has 1 aromatic rings. The topological polar surface area (TPSA) is 40.6 Å². The van der Waals surface area contributed by atoms with Crippen LogP contribution < -0.4 is 4.90 Å². The lowest BCUT2D eigenvalue weighted by molar-refractivity contribution is -0.116. The van der Waals surface area contributed by atoms with Crippen molar-refractivity contribution in [3.63, 3.8) is 0 Å². The zero-order valence-electron chi connectivity index (χ0n) is 13.3. The Kier molecular flexibility index (Phi) is 5.66. The molecule has 0 saturated carbocycles. The molecule has 22 heavy (non-hydrogen) atoms. The third-order valence-electron chi connectivity index (χ3n) is 4.08. The average Bonchev–Trinajstić information content (AvgIpc) is 2.97. The molecule has 0 aromatic heterocycles. The third-order valence-corrected chi connectivity index (χ3v) is 4.08. The van der Waals surface area contributed by atoms with E-state index in [1.807, 2.05) is 0 Å². The van der Waals surface area contributed by atoms with Gasteiger partial charge in [-0.25, -0.2) is 4.39 Å². The number of amides is 1. The molecule has 1 aromatic carbocycles. The van der Waals surface area contributed by atoms with Gasteiger partial charge < -0.3 is 9.80 Å². The maximum atomic E-state index is 14.2. The van der Waals surface area contributed by atoms with E-state index in [2.05, 4.69) is 4.90 Å². The quantitative estimate of drug-likeness (QED) is 0.759. The summed E-state index contributed by atoms with van der Waals surface area (Å²) in [5.41, 5.74) is 0.570. The number of likely N-dealkylation sites (tertiary alicyclic amines) is 1. The lowest BCUT2D eigenvalue weighted by atomic mass is 10.1. The Morgan fingerprint density at radius 3 is 2.45 bits per heavy atom. The van der Waals surface area contributed by atoms with Crippen LogP contribution in [0.25, 0.3) is 0 Å². The standard InChI is InChI=1S/C17H23FN2O2/c1-13(21)15-6-7-17(16(18)12-15)20(14(2)22)11-5-10-19-8-3-4-9-19/h6-7,12H,3-5,8-11H2,1-2H3. The first-order valence-electron chi connectivity index (χ1n) is 7.80. The lowest BCUT2D eigenvalue weighted by Crippen LogP contribution is -2.33. The number of carbonyl (C=O) groups excluding carboxylic acids is 2. The van der Waals surface area contributed by atoms with E-state index in [-0.39, 0.29) is 17.4 Å². The minimum absolute atomic E-state index is 0.184. The van der Waals surface area contributed by atoms with Crippen molar-refractivity contribution in [3.05, 3.63) is 29.6 Å². The monoisotopic (exact) mass is 306 g/mol. The van der Waals surface area contributed by atoms with Crippen molar-refractivity contribution in [2.75, 3.05) is 31.1 Å². The van der Waals surface area contributed by atoms with Crippen LogP contribution in [0.2, 0.25) is 0 Å². The third kappa shape index (κ3) is 4.13. The summed E-state index contributed by atoms with van der Waals surface area (Å²) >= 11 is 0. The SMILES string of the molecule is CC(=O)c1ccc(N(CCCN2CCCC2)C(C)=O)c(F)c1. The molecule has 1 aliphatic rings. The van der Waals surface area contributed by atoms with E-state index >= 15 is 0 Å². The molecule has 2 rings (SSSR count). The second kappa shape index (κ2) is 7.49. The van der Waals surface area contributed by atoms with Crippen molar-refractivity contribution < 1.29 is 14.0 Å². The molecule has 5 heteroatoms. The number of ketones is 1. The molecule has 0 spiro atoms. The van der Waals surface area contributed by atoms with Crippen molar-refractivity contribution in [1.29, 1.82) is 0 Å². The van der Waals surface area contributed by atoms with Crippen LogP contribution in [0.5, 0.6) is 0 Å². The molecule has 1 amide bonds. The molecule has 120 valence electrons. The smallest absolute Gasteiger partial charge is 0.223 e. The summed E-state index contributed by atoms with van der Waals surface area (Å²) in [6, 6.07) is 4.29. The Labute approximate surface area is 130 Å². The van der Waals surface area contributed by atoms with Gasteiger partial charge in [0.05, 0.1) is 5.69 Å². The molecule has 1 aliphatic heterocycles. The molecular weight excluding hydrogens is 283 g/mol. The zero-order valence-corrected chi connectivity index (χ0v) is 13.3. The van der Waals surface area contributed by atoms with Gasteiger partial charge in [0.15, 0.2) is 5.78 Å². The van der Waals surface area contributed by atoms with E-state index in [9.17, 15) is 14.0 Å². The van der Waals surface area contributed by atoms with Gasteiger partial charge in [0.1, 0.15) is 5.82 Å². The van der Waals surface area contributed by atoms with Gasteiger partial charge in [-0.05, 0) is 64.0 Å². The predicted molar refractivity (Wildman–Crippen MR) is 84.7 cm³/mol. The van der Waals surface area contributed by atoms with Crippen molar-refractivity contribution in [2.24, 2.45) is 0 Å². The van der Waals surface area contributed by atoms with Gasteiger partial charge in [0.2, 0.25) is 5.91 Å². The van der Waals surface area contributed by atoms with E-state index in [0.29, 0.717) is 12.1 Å². The first-order chi connectivity index (χ1) is 10.5. The minimum atomic E-state index is -0.524. The van der Waals surface area contributed by atoms with Gasteiger partial charge in [-0.15, -0.1) is 0 Å². The maximum Gasteiger partial charge on any atom is 0.223 e. The van der Waals surface area contributed by atoms with Crippen LogP contribution in [0.3, 0.4) is 0 Å². The van der Waals surface area contributed by atoms with Crippen molar-refractivity contribution in [3.8, 4) is 0 Å². The number of Topliss-reactive ketones (excluding diaryl/α,β-unsaturated/α-hetero) is 1. The second-order valence-corrected chi connectivity index (χ2v) is 5.80. The van der Waals surface area contributed by atoms with E-state index in [4.69, 9.17) is 0 Å². The number of anilines is 1. The molecule has 0 atom stereocenters. The minimum Gasteiger partial charge on any atom is -0.310 e. The summed E-state index contributed by atoms with van der Waals surface area (Å²) in [7, 11) is 0. The van der Waals surface area contributed by atoms with Gasteiger partial charge in [-0.3, -0.25) is 9.59 Å². The van der Waals surface area contributed by atoms with Crippen LogP contribution in [0.15, 0.2) is 18.2 Å². The second-order valence-electron chi connectivity index (χ2n) is 5.80. The Hall–Kier alpha value is -1.75. The number of hydrogen-bond donors (Lipinski definition) is 0. The molecule has 1 heterocycles. The van der Waals surface area contributed by atoms with Crippen LogP contribution in [-0.4, -0.2) is 42.8 Å². The Balaban J connectivity index is 2.03. The summed E-state index contributed by atoms with van der Waals surface area (Å²) in [6.07, 6.45) is 3.28. The fourth-order valence-corrected chi connectivity index (χ4v) is 2.85. The van der Waals surface area contributed by atoms with E-state index in [1.165, 1.54) is 43.7 Å². The Morgan fingerprint density at radius 2 is 1.91 bits per heavy atom. The number of hydrogen-bond acceptors (Lipinski definition) is 3. The molecule has 1 saturated heterocycles. The van der Waals surface area contributed by atoms with Gasteiger partial charge in [0, 0.05) is 19.0 Å². The van der Waals surface area contributed by atoms with Crippen LogP contribution in [0.4, 0.5) is 10.1 Å². The van der Waals surface area contributed by atoms with Gasteiger partial charge in [-0.2, -0.15) is 0 Å². The van der Waals surface area contributed by atoms with Gasteiger partial charge in [-0.1, -0.05) is 0 Å². The molecular formula is C17H23FN2O2. The fraction of sp³-hybridized carbons (Fsp3) is 0.529. The first kappa shape index (κ1) is 16.6. The van der Waals surface area contributed by atoms with Crippen LogP contribution >= 0.6 is 0 Å². The van der Waals surface area contributed by atoms with E-state index < -0.39 is 5.82 Å². The maximum absolute atomic E-state index is 14.2. The fourth-order valence-electron chi connectivity index (χ4n) is 2.85. The van der Waals surface area contributed by atoms with E-state index in [1.54, 1.807) is 6.07 Å². The predicted octanol–water partition coefficient (Wildman–Crippen LogP) is 2.87. The van der Waals surface area contributed by atoms with Crippen molar-refractivity contribution >= 4 is 17.4 Å². The normalized spacial score (nSPS) is 15.0. The van der Waals surface area contributed by atoms with E-state index in [0.717, 1.165) is 26.1 Å². The highest BCUT2D eigenvalue weighted by Gasteiger charge is 2.18. The van der Waals surface area contributed by atoms with Crippen LogP contribution in [0, 0.1) is 5.82 Å². The van der Waals surface area contributed by atoms with Crippen LogP contribution in [0.1, 0.15) is 43.5 Å². The molecule has 0 aliphatic carbocycles. The summed E-state index contributed by atoms with van der Waals surface area (Å²) in [4.78, 5) is 26.9. The highest BCUT2D eigenvalue weighted by Crippen LogP contribution is 2.22. The van der Waals surface area contributed by atoms with Crippen molar-refractivity contribution in [2.45, 2.75) is 33.1 Å². The Bertz CT molecular complexity index is 554. The number of nitrogens with zero attached hydrogens (tertiary/aromatic N) is 2. The summed E-state index contributed by atoms with van der Waals surface area (Å²) in [5, 5.41) is 0.